The number of rotatable bonds is 3. The van der Waals surface area contributed by atoms with Gasteiger partial charge in [-0.15, -0.1) is 0 Å². The molecule has 3 aliphatic rings. The van der Waals surface area contributed by atoms with Crippen molar-refractivity contribution in [3.63, 3.8) is 0 Å². The summed E-state index contributed by atoms with van der Waals surface area (Å²) in [4.78, 5) is 17.6. The van der Waals surface area contributed by atoms with E-state index in [4.69, 9.17) is 15.1 Å². The van der Waals surface area contributed by atoms with Crippen molar-refractivity contribution < 1.29 is 4.39 Å². The molecule has 8 rings (SSSR count). The first-order valence-electron chi connectivity index (χ1n) is 14.8. The van der Waals surface area contributed by atoms with Crippen molar-refractivity contribution in [3.05, 3.63) is 130 Å². The smallest absolute Gasteiger partial charge is 0.179 e. The van der Waals surface area contributed by atoms with Gasteiger partial charge in [0, 0.05) is 41.9 Å². The van der Waals surface area contributed by atoms with Crippen LogP contribution >= 0.6 is 15.9 Å². The highest BCUT2D eigenvalue weighted by atomic mass is 79.9. The summed E-state index contributed by atoms with van der Waals surface area (Å²) in [6.07, 6.45) is 0. The van der Waals surface area contributed by atoms with Gasteiger partial charge < -0.3 is 14.7 Å². The molecule has 0 saturated carbocycles. The largest absolute Gasteiger partial charge is 0.368 e. The molecule has 1 aromatic heterocycles. The Morgan fingerprint density at radius 3 is 2.16 bits per heavy atom. The Kier molecular flexibility index (Phi) is 6.56. The first kappa shape index (κ1) is 26.8. The van der Waals surface area contributed by atoms with Crippen molar-refractivity contribution in [1.29, 1.82) is 0 Å². The summed E-state index contributed by atoms with van der Waals surface area (Å²) in [6.45, 7) is 5.17. The molecule has 218 valence electrons. The molecule has 1 unspecified atom stereocenters. The Hall–Kier alpha value is -4.76. The molecular formula is C35H29BrFN7. The van der Waals surface area contributed by atoms with Crippen LogP contribution in [0.4, 0.5) is 27.3 Å². The summed E-state index contributed by atoms with van der Waals surface area (Å²) in [5.74, 6) is 2.26. The van der Waals surface area contributed by atoms with Crippen molar-refractivity contribution in [2.75, 3.05) is 36.0 Å². The molecule has 0 aliphatic carbocycles. The molecule has 0 bridgehead atoms. The zero-order chi connectivity index (χ0) is 29.8. The van der Waals surface area contributed by atoms with Gasteiger partial charge in [-0.2, -0.15) is 5.10 Å². The van der Waals surface area contributed by atoms with Crippen LogP contribution in [0.25, 0.3) is 5.69 Å². The minimum absolute atomic E-state index is 0.183. The van der Waals surface area contributed by atoms with E-state index in [0.717, 1.165) is 87.7 Å². The first-order chi connectivity index (χ1) is 21.6. The average Bonchev–Trinajstić information content (AvgIpc) is 3.40. The van der Waals surface area contributed by atoms with Gasteiger partial charge in [-0.1, -0.05) is 64.5 Å². The van der Waals surface area contributed by atoms with E-state index in [0.29, 0.717) is 0 Å². The van der Waals surface area contributed by atoms with Crippen LogP contribution in [0.3, 0.4) is 0 Å². The Morgan fingerprint density at radius 2 is 1.39 bits per heavy atom. The van der Waals surface area contributed by atoms with Crippen LogP contribution < -0.4 is 9.80 Å². The molecule has 44 heavy (non-hydrogen) atoms. The second kappa shape index (κ2) is 10.7. The number of hydrogen-bond donors (Lipinski definition) is 0. The van der Waals surface area contributed by atoms with E-state index in [-0.39, 0.29) is 11.9 Å². The van der Waals surface area contributed by atoms with Crippen molar-refractivity contribution in [3.8, 4) is 5.69 Å². The molecule has 3 aliphatic heterocycles. The number of fused-ring (bicyclic) bond motifs is 4. The van der Waals surface area contributed by atoms with Crippen LogP contribution in [0.5, 0.6) is 0 Å². The highest BCUT2D eigenvalue weighted by Crippen LogP contribution is 2.49. The third kappa shape index (κ3) is 4.42. The predicted molar refractivity (Wildman–Crippen MR) is 178 cm³/mol. The molecule has 0 amide bonds. The Morgan fingerprint density at radius 1 is 0.705 bits per heavy atom. The van der Waals surface area contributed by atoms with Crippen LogP contribution in [0.1, 0.15) is 22.9 Å². The van der Waals surface area contributed by atoms with E-state index >= 15 is 0 Å². The van der Waals surface area contributed by atoms with Crippen LogP contribution in [0.2, 0.25) is 0 Å². The van der Waals surface area contributed by atoms with Gasteiger partial charge in [0.2, 0.25) is 0 Å². The number of benzene rings is 4. The van der Waals surface area contributed by atoms with Gasteiger partial charge in [-0.3, -0.25) is 0 Å². The molecule has 1 saturated heterocycles. The Balaban J connectivity index is 1.28. The fourth-order valence-corrected chi connectivity index (χ4v) is 6.98. The Labute approximate surface area is 263 Å². The van der Waals surface area contributed by atoms with E-state index < -0.39 is 0 Å². The van der Waals surface area contributed by atoms with E-state index in [2.05, 4.69) is 86.1 Å². The number of anilines is 2. The number of amidine groups is 2. The average molecular weight is 647 g/mol. The molecule has 5 aromatic rings. The molecular weight excluding hydrogens is 617 g/mol. The number of aromatic nitrogens is 2. The lowest BCUT2D eigenvalue weighted by Crippen LogP contribution is -2.55. The maximum Gasteiger partial charge on any atom is 0.179 e. The van der Waals surface area contributed by atoms with Gasteiger partial charge >= 0.3 is 0 Å². The number of aliphatic imine (C=N–C) groups is 2. The molecule has 1 atom stereocenters. The van der Waals surface area contributed by atoms with E-state index in [1.54, 1.807) is 0 Å². The van der Waals surface area contributed by atoms with Crippen LogP contribution in [0.15, 0.2) is 118 Å². The standard InChI is InChI=1S/C35H29BrFN7/c1-23-31-32(27-11-5-6-12-28(27)36)43-30-14-8-7-13-29(30)38-34(35(43)39-33(31)44(40-23)26-9-3-2-4-10-26)42-21-19-41(20-22-42)25-17-15-24(37)16-18-25/h2-18,32H,19-22H2,1H3. The summed E-state index contributed by atoms with van der Waals surface area (Å²) < 4.78 is 16.6. The second-order valence-corrected chi connectivity index (χ2v) is 12.0. The fourth-order valence-electron chi connectivity index (χ4n) is 6.48. The highest BCUT2D eigenvalue weighted by Gasteiger charge is 2.43. The van der Waals surface area contributed by atoms with Gasteiger partial charge in [0.25, 0.3) is 0 Å². The first-order valence-corrected chi connectivity index (χ1v) is 15.6. The minimum Gasteiger partial charge on any atom is -0.368 e. The maximum absolute atomic E-state index is 13.6. The van der Waals surface area contributed by atoms with E-state index in [1.807, 2.05) is 47.1 Å². The van der Waals surface area contributed by atoms with Crippen LogP contribution in [0, 0.1) is 12.7 Å². The minimum atomic E-state index is -0.220. The van der Waals surface area contributed by atoms with Gasteiger partial charge in [-0.05, 0) is 67.1 Å². The van der Waals surface area contributed by atoms with Crippen molar-refractivity contribution in [1.82, 2.24) is 14.7 Å². The lowest BCUT2D eigenvalue weighted by atomic mass is 9.93. The number of para-hydroxylation sites is 3. The van der Waals surface area contributed by atoms with E-state index in [9.17, 15) is 4.39 Å². The molecule has 0 radical (unpaired) electrons. The van der Waals surface area contributed by atoms with Gasteiger partial charge in [-0.25, -0.2) is 19.1 Å². The highest BCUT2D eigenvalue weighted by molar-refractivity contribution is 9.10. The second-order valence-electron chi connectivity index (χ2n) is 11.2. The quantitative estimate of drug-likeness (QED) is 0.203. The molecule has 7 nitrogen and oxygen atoms in total. The van der Waals surface area contributed by atoms with Gasteiger partial charge in [0.05, 0.1) is 28.8 Å². The SMILES string of the molecule is Cc1nn(-c2ccccc2)c2c1C(c1ccccc1Br)N1C(=N2)C(N2CCN(c3ccc(F)cc3)CC2)=Nc2ccccc21. The van der Waals surface area contributed by atoms with Gasteiger partial charge in [0.15, 0.2) is 17.5 Å². The topological polar surface area (TPSA) is 52.3 Å². The third-order valence-corrected chi connectivity index (χ3v) is 9.31. The maximum atomic E-state index is 13.6. The number of nitrogens with zero attached hydrogens (tertiary/aromatic N) is 7. The number of hydrogen-bond acceptors (Lipinski definition) is 6. The fraction of sp³-hybridized carbons (Fsp3) is 0.171. The van der Waals surface area contributed by atoms with Gasteiger partial charge in [0.1, 0.15) is 5.82 Å². The molecule has 1 fully saturated rings. The summed E-state index contributed by atoms with van der Waals surface area (Å²) >= 11 is 3.88. The van der Waals surface area contributed by atoms with Crippen LogP contribution in [-0.4, -0.2) is 52.5 Å². The molecule has 9 heteroatoms. The zero-order valence-corrected chi connectivity index (χ0v) is 25.7. The number of halogens is 2. The van der Waals surface area contributed by atoms with Crippen molar-refractivity contribution >= 4 is 50.5 Å². The third-order valence-electron chi connectivity index (χ3n) is 8.59. The summed E-state index contributed by atoms with van der Waals surface area (Å²) in [5, 5.41) is 5.05. The molecule has 0 N–H and O–H groups in total. The lowest BCUT2D eigenvalue weighted by Gasteiger charge is -2.44. The zero-order valence-electron chi connectivity index (χ0n) is 24.1. The molecule has 4 heterocycles. The monoisotopic (exact) mass is 645 g/mol. The van der Waals surface area contributed by atoms with E-state index in [1.165, 1.54) is 12.1 Å². The summed E-state index contributed by atoms with van der Waals surface area (Å²) in [5.41, 5.74) is 7.05. The Bertz CT molecular complexity index is 1920. The van der Waals surface area contributed by atoms with Crippen molar-refractivity contribution in [2.24, 2.45) is 9.98 Å². The normalized spacial score (nSPS) is 17.4. The van der Waals surface area contributed by atoms with Crippen LogP contribution in [-0.2, 0) is 0 Å². The lowest BCUT2D eigenvalue weighted by molar-refractivity contribution is 0.389. The molecule has 0 spiro atoms. The molecule has 4 aromatic carbocycles. The summed E-state index contributed by atoms with van der Waals surface area (Å²) in [6, 6.07) is 33.5. The number of aryl methyl sites for hydroxylation is 1. The number of piperazine rings is 1. The predicted octanol–water partition coefficient (Wildman–Crippen LogP) is 7.59. The van der Waals surface area contributed by atoms with Crippen molar-refractivity contribution in [2.45, 2.75) is 13.0 Å². The summed E-state index contributed by atoms with van der Waals surface area (Å²) in [7, 11) is 0.